The number of ether oxygens (including phenoxy) is 1. The van der Waals surface area contributed by atoms with Crippen molar-refractivity contribution < 1.29 is 9.53 Å². The first-order valence-electron chi connectivity index (χ1n) is 10.6. The second-order valence-corrected chi connectivity index (χ2v) is 8.83. The fraction of sp³-hybridized carbons (Fsp3) is 0.400. The Labute approximate surface area is 183 Å². The first-order valence-corrected chi connectivity index (χ1v) is 10.6. The van der Waals surface area contributed by atoms with E-state index in [-0.39, 0.29) is 11.6 Å². The van der Waals surface area contributed by atoms with Gasteiger partial charge in [-0.15, -0.1) is 0 Å². The third-order valence-corrected chi connectivity index (χ3v) is 5.27. The minimum atomic E-state index is -0.598. The monoisotopic (exact) mass is 421 g/mol. The molecular formula is C25H31N3O3. The number of fused-ring (bicyclic) bond motifs is 1. The zero-order valence-corrected chi connectivity index (χ0v) is 19.2. The van der Waals surface area contributed by atoms with Crippen molar-refractivity contribution in [3.8, 4) is 0 Å². The molecule has 0 bridgehead atoms. The molecule has 6 heteroatoms. The van der Waals surface area contributed by atoms with Gasteiger partial charge in [0.1, 0.15) is 11.4 Å². The molecule has 1 heterocycles. The number of benzene rings is 2. The van der Waals surface area contributed by atoms with Crippen LogP contribution in [0.25, 0.3) is 10.9 Å². The van der Waals surface area contributed by atoms with Gasteiger partial charge in [-0.1, -0.05) is 37.3 Å². The molecule has 0 unspecified atom stereocenters. The number of nitrogens with zero attached hydrogens (tertiary/aromatic N) is 3. The number of hydrogen-bond donors (Lipinski definition) is 0. The van der Waals surface area contributed by atoms with E-state index in [0.717, 1.165) is 12.8 Å². The number of carbonyl (C=O) groups is 1. The molecule has 0 saturated carbocycles. The van der Waals surface area contributed by atoms with Gasteiger partial charge in [0.25, 0.3) is 5.56 Å². The maximum Gasteiger partial charge on any atom is 0.414 e. The summed E-state index contributed by atoms with van der Waals surface area (Å²) in [6.45, 7) is 9.41. The van der Waals surface area contributed by atoms with E-state index in [2.05, 4.69) is 24.0 Å². The molecule has 1 aromatic heterocycles. The summed E-state index contributed by atoms with van der Waals surface area (Å²) in [6, 6.07) is 15.4. The van der Waals surface area contributed by atoms with Gasteiger partial charge in [0.05, 0.1) is 10.9 Å². The minimum Gasteiger partial charge on any atom is -0.443 e. The van der Waals surface area contributed by atoms with Crippen molar-refractivity contribution in [1.29, 1.82) is 0 Å². The summed E-state index contributed by atoms with van der Waals surface area (Å²) in [7, 11) is 1.64. The second-order valence-electron chi connectivity index (χ2n) is 8.83. The van der Waals surface area contributed by atoms with Gasteiger partial charge in [-0.2, -0.15) is 0 Å². The predicted octanol–water partition coefficient (Wildman–Crippen LogP) is 5.27. The highest BCUT2D eigenvalue weighted by atomic mass is 16.6. The molecule has 164 valence electrons. The average molecular weight is 422 g/mol. The third kappa shape index (κ3) is 5.13. The first kappa shape index (κ1) is 22.5. The van der Waals surface area contributed by atoms with E-state index in [1.54, 1.807) is 29.8 Å². The highest BCUT2D eigenvalue weighted by molar-refractivity contribution is 5.91. The number of rotatable bonds is 5. The van der Waals surface area contributed by atoms with Gasteiger partial charge in [-0.3, -0.25) is 14.3 Å². The summed E-state index contributed by atoms with van der Waals surface area (Å²) in [5.74, 6) is 0.688. The van der Waals surface area contributed by atoms with Gasteiger partial charge in [0.15, 0.2) is 0 Å². The molecular weight excluding hydrogens is 390 g/mol. The van der Waals surface area contributed by atoms with Gasteiger partial charge in [-0.25, -0.2) is 9.78 Å². The Morgan fingerprint density at radius 3 is 2.45 bits per heavy atom. The molecule has 0 aliphatic carbocycles. The summed E-state index contributed by atoms with van der Waals surface area (Å²) < 4.78 is 7.23. The molecule has 2 aromatic carbocycles. The lowest BCUT2D eigenvalue weighted by atomic mass is 10.0. The first-order chi connectivity index (χ1) is 14.6. The van der Waals surface area contributed by atoms with Gasteiger partial charge in [0, 0.05) is 18.8 Å². The lowest BCUT2D eigenvalue weighted by Gasteiger charge is -2.25. The summed E-state index contributed by atoms with van der Waals surface area (Å²) in [5, 5.41) is 0.491. The summed E-state index contributed by atoms with van der Waals surface area (Å²) in [6.07, 6.45) is 1.09. The molecule has 0 saturated heterocycles. The van der Waals surface area contributed by atoms with Crippen molar-refractivity contribution in [3.63, 3.8) is 0 Å². The molecule has 1 atom stereocenters. The molecule has 0 aliphatic rings. The quantitative estimate of drug-likeness (QED) is 0.563. The molecule has 0 aliphatic heterocycles. The Morgan fingerprint density at radius 1 is 1.16 bits per heavy atom. The second kappa shape index (κ2) is 8.92. The standard InChI is InChI=1S/C25H31N3O3/c1-7-19(15-18-11-9-8-10-12-18)28-17(2)26-22-14-13-20(16-21(22)23(28)29)27(6)24(30)31-25(3,4)5/h8-14,16,19H,7,15H2,1-6H3/t19-/m1/s1. The SMILES string of the molecule is CC[C@H](Cc1ccccc1)n1c(C)nc2ccc(N(C)C(=O)OC(C)(C)C)cc2c1=O. The van der Waals surface area contributed by atoms with Crippen LogP contribution in [0, 0.1) is 6.92 Å². The summed E-state index contributed by atoms with van der Waals surface area (Å²) >= 11 is 0. The van der Waals surface area contributed by atoms with Crippen molar-refractivity contribution in [2.75, 3.05) is 11.9 Å². The largest absolute Gasteiger partial charge is 0.443 e. The highest BCUT2D eigenvalue weighted by Crippen LogP contribution is 2.23. The fourth-order valence-corrected chi connectivity index (χ4v) is 3.68. The molecule has 1 amide bonds. The van der Waals surface area contributed by atoms with E-state index in [9.17, 15) is 9.59 Å². The Balaban J connectivity index is 2.02. The van der Waals surface area contributed by atoms with Crippen LogP contribution in [0.3, 0.4) is 0 Å². The van der Waals surface area contributed by atoms with Crippen LogP contribution in [-0.2, 0) is 11.2 Å². The Morgan fingerprint density at radius 2 is 1.84 bits per heavy atom. The van der Waals surface area contributed by atoms with Crippen LogP contribution in [0.5, 0.6) is 0 Å². The van der Waals surface area contributed by atoms with Crippen molar-refractivity contribution in [2.45, 2.75) is 59.1 Å². The van der Waals surface area contributed by atoms with Crippen LogP contribution in [0.1, 0.15) is 51.5 Å². The fourth-order valence-electron chi connectivity index (χ4n) is 3.68. The van der Waals surface area contributed by atoms with Crippen LogP contribution in [-0.4, -0.2) is 28.3 Å². The number of anilines is 1. The van der Waals surface area contributed by atoms with E-state index < -0.39 is 11.7 Å². The Hall–Kier alpha value is -3.15. The van der Waals surface area contributed by atoms with Crippen LogP contribution in [0.4, 0.5) is 10.5 Å². The number of amides is 1. The summed E-state index contributed by atoms with van der Waals surface area (Å²) in [4.78, 5) is 32.1. The normalized spacial score (nSPS) is 12.6. The average Bonchev–Trinajstić information content (AvgIpc) is 2.71. The molecule has 0 spiro atoms. The number of aryl methyl sites for hydroxylation is 1. The van der Waals surface area contributed by atoms with Crippen molar-refractivity contribution >= 4 is 22.7 Å². The third-order valence-electron chi connectivity index (χ3n) is 5.27. The minimum absolute atomic E-state index is 0.000887. The maximum absolute atomic E-state index is 13.5. The molecule has 31 heavy (non-hydrogen) atoms. The maximum atomic E-state index is 13.5. The van der Waals surface area contributed by atoms with Crippen molar-refractivity contribution in [1.82, 2.24) is 9.55 Å². The Kier molecular flexibility index (Phi) is 6.48. The van der Waals surface area contributed by atoms with Crippen LogP contribution in [0.15, 0.2) is 53.3 Å². The number of carbonyl (C=O) groups excluding carboxylic acids is 1. The Bertz CT molecular complexity index is 1130. The van der Waals surface area contributed by atoms with Gasteiger partial charge >= 0.3 is 6.09 Å². The van der Waals surface area contributed by atoms with Crippen LogP contribution in [0.2, 0.25) is 0 Å². The van der Waals surface area contributed by atoms with Crippen molar-refractivity contribution in [2.24, 2.45) is 0 Å². The number of aromatic nitrogens is 2. The molecule has 0 fully saturated rings. The molecule has 6 nitrogen and oxygen atoms in total. The predicted molar refractivity (Wildman–Crippen MR) is 125 cm³/mol. The smallest absolute Gasteiger partial charge is 0.414 e. The van der Waals surface area contributed by atoms with Gasteiger partial charge in [0.2, 0.25) is 0 Å². The number of hydrogen-bond acceptors (Lipinski definition) is 4. The van der Waals surface area contributed by atoms with Crippen molar-refractivity contribution in [3.05, 3.63) is 70.3 Å². The zero-order chi connectivity index (χ0) is 22.8. The van der Waals surface area contributed by atoms with E-state index in [0.29, 0.717) is 22.4 Å². The van der Waals surface area contributed by atoms with E-state index in [4.69, 9.17) is 4.74 Å². The molecule has 0 N–H and O–H groups in total. The topological polar surface area (TPSA) is 64.4 Å². The van der Waals surface area contributed by atoms with Gasteiger partial charge < -0.3 is 4.74 Å². The zero-order valence-electron chi connectivity index (χ0n) is 19.2. The highest BCUT2D eigenvalue weighted by Gasteiger charge is 2.22. The van der Waals surface area contributed by atoms with E-state index >= 15 is 0 Å². The van der Waals surface area contributed by atoms with Crippen LogP contribution >= 0.6 is 0 Å². The molecule has 0 radical (unpaired) electrons. The molecule has 3 rings (SSSR count). The van der Waals surface area contributed by atoms with Gasteiger partial charge in [-0.05, 0) is 64.3 Å². The summed E-state index contributed by atoms with van der Waals surface area (Å²) in [5.41, 5.74) is 1.70. The lowest BCUT2D eigenvalue weighted by molar-refractivity contribution is 0.0589. The molecule has 3 aromatic rings. The van der Waals surface area contributed by atoms with Crippen LogP contribution < -0.4 is 10.5 Å². The lowest BCUT2D eigenvalue weighted by Crippen LogP contribution is -2.34. The van der Waals surface area contributed by atoms with E-state index in [1.807, 2.05) is 45.9 Å². The van der Waals surface area contributed by atoms with E-state index in [1.165, 1.54) is 10.5 Å².